The lowest BCUT2D eigenvalue weighted by molar-refractivity contribution is -0.178. The van der Waals surface area contributed by atoms with Crippen molar-refractivity contribution in [2.45, 2.75) is 25.1 Å². The van der Waals surface area contributed by atoms with Gasteiger partial charge in [-0.15, -0.1) is 0 Å². The minimum Gasteiger partial charge on any atom is -0.381 e. The van der Waals surface area contributed by atoms with Crippen molar-refractivity contribution in [2.75, 3.05) is 23.3 Å². The summed E-state index contributed by atoms with van der Waals surface area (Å²) in [5.74, 6) is -2.15. The van der Waals surface area contributed by atoms with E-state index in [1.807, 2.05) is 18.2 Å². The molecular weight excluding hydrogens is 459 g/mol. The highest BCUT2D eigenvalue weighted by atomic mass is 19.4. The molecule has 4 heterocycles. The van der Waals surface area contributed by atoms with Crippen molar-refractivity contribution < 1.29 is 18.0 Å². The predicted molar refractivity (Wildman–Crippen MR) is 123 cm³/mol. The Balaban J connectivity index is 1.58. The lowest BCUT2D eigenvalue weighted by Crippen LogP contribution is -2.52. The van der Waals surface area contributed by atoms with Gasteiger partial charge in [0.2, 0.25) is 0 Å². The number of aromatic nitrogens is 3. The SMILES string of the molecule is N#Cc1ccc(N2CC[C@@H](Nc3cc(Cc4ccccn4)ncc3C(N)=O)[C@@H](C(F)(F)F)C2)nc1. The van der Waals surface area contributed by atoms with Gasteiger partial charge in [-0.3, -0.25) is 14.8 Å². The van der Waals surface area contributed by atoms with Gasteiger partial charge in [0.15, 0.2) is 0 Å². The van der Waals surface area contributed by atoms with Crippen molar-refractivity contribution >= 4 is 17.4 Å². The minimum atomic E-state index is -4.50. The zero-order valence-corrected chi connectivity index (χ0v) is 18.5. The summed E-state index contributed by atoms with van der Waals surface area (Å²) in [6.07, 6.45) is 0.237. The largest absolute Gasteiger partial charge is 0.395 e. The van der Waals surface area contributed by atoms with Crippen LogP contribution in [-0.2, 0) is 6.42 Å². The van der Waals surface area contributed by atoms with Gasteiger partial charge in [-0.05, 0) is 36.8 Å². The maximum Gasteiger partial charge on any atom is 0.395 e. The smallest absolute Gasteiger partial charge is 0.381 e. The minimum absolute atomic E-state index is 0.0203. The number of alkyl halides is 3. The molecule has 0 bridgehead atoms. The van der Waals surface area contributed by atoms with Crippen LogP contribution in [-0.4, -0.2) is 46.2 Å². The van der Waals surface area contributed by atoms with E-state index in [0.29, 0.717) is 30.0 Å². The monoisotopic (exact) mass is 481 g/mol. The number of nitriles is 1. The first-order valence-corrected chi connectivity index (χ1v) is 10.9. The number of anilines is 2. The van der Waals surface area contributed by atoms with Crippen molar-refractivity contribution in [1.29, 1.82) is 5.26 Å². The Kier molecular flexibility index (Phi) is 6.82. The van der Waals surface area contributed by atoms with Crippen molar-refractivity contribution in [3.63, 3.8) is 0 Å². The Morgan fingerprint density at radius 3 is 2.63 bits per heavy atom. The fourth-order valence-electron chi connectivity index (χ4n) is 4.10. The molecule has 1 saturated heterocycles. The number of rotatable bonds is 6. The van der Waals surface area contributed by atoms with Crippen LogP contribution >= 0.6 is 0 Å². The molecule has 3 aromatic heterocycles. The number of nitrogens with two attached hydrogens (primary N) is 1. The third-order valence-electron chi connectivity index (χ3n) is 5.89. The van der Waals surface area contributed by atoms with Gasteiger partial charge >= 0.3 is 6.18 Å². The lowest BCUT2D eigenvalue weighted by atomic mass is 9.90. The van der Waals surface area contributed by atoms with Gasteiger partial charge < -0.3 is 16.0 Å². The number of amides is 1. The molecule has 2 atom stereocenters. The predicted octanol–water partition coefficient (Wildman–Crippen LogP) is 3.30. The van der Waals surface area contributed by atoms with Crippen molar-refractivity contribution in [3.05, 3.63) is 77.5 Å². The molecule has 1 amide bonds. The Hall–Kier alpha value is -4.20. The number of hydrogen-bond donors (Lipinski definition) is 2. The van der Waals surface area contributed by atoms with Crippen LogP contribution in [0.4, 0.5) is 24.7 Å². The van der Waals surface area contributed by atoms with Gasteiger partial charge in [-0.25, -0.2) is 4.98 Å². The number of piperidine rings is 1. The molecule has 0 spiro atoms. The number of primary amides is 1. The highest BCUT2D eigenvalue weighted by molar-refractivity contribution is 5.98. The number of carbonyl (C=O) groups excluding carboxylic acids is 1. The van der Waals surface area contributed by atoms with E-state index in [0.717, 1.165) is 5.69 Å². The average molecular weight is 481 g/mol. The van der Waals surface area contributed by atoms with Crippen molar-refractivity contribution in [3.8, 4) is 6.07 Å². The highest BCUT2D eigenvalue weighted by Gasteiger charge is 2.48. The molecule has 11 heteroatoms. The maximum absolute atomic E-state index is 14.1. The zero-order valence-electron chi connectivity index (χ0n) is 18.5. The van der Waals surface area contributed by atoms with E-state index in [1.165, 1.54) is 24.5 Å². The average Bonchev–Trinajstić information content (AvgIpc) is 2.84. The Morgan fingerprint density at radius 1 is 1.17 bits per heavy atom. The van der Waals surface area contributed by atoms with E-state index < -0.39 is 24.0 Å². The molecule has 180 valence electrons. The summed E-state index contributed by atoms with van der Waals surface area (Å²) in [4.78, 5) is 26.1. The third-order valence-corrected chi connectivity index (χ3v) is 5.89. The molecule has 3 aromatic rings. The summed E-state index contributed by atoms with van der Waals surface area (Å²) in [5.41, 5.74) is 7.30. The van der Waals surface area contributed by atoms with E-state index in [4.69, 9.17) is 11.0 Å². The summed E-state index contributed by atoms with van der Waals surface area (Å²) >= 11 is 0. The van der Waals surface area contributed by atoms with E-state index in [1.54, 1.807) is 23.2 Å². The Labute approximate surface area is 199 Å². The molecule has 0 aliphatic carbocycles. The first-order chi connectivity index (χ1) is 16.7. The van der Waals surface area contributed by atoms with Crippen molar-refractivity contribution in [2.24, 2.45) is 11.7 Å². The van der Waals surface area contributed by atoms with E-state index in [2.05, 4.69) is 20.3 Å². The number of hydrogen-bond acceptors (Lipinski definition) is 7. The fraction of sp³-hybridized carbons (Fsp3) is 0.292. The second-order valence-corrected chi connectivity index (χ2v) is 8.23. The molecular formula is C24H22F3N7O. The first kappa shape index (κ1) is 23.9. The number of halogens is 3. The summed E-state index contributed by atoms with van der Waals surface area (Å²) < 4.78 is 42.3. The molecule has 1 aliphatic heterocycles. The standard InChI is InChI=1S/C24H22F3N7O/c25-24(26,27)19-14-34(22-5-4-15(11-28)12-32-22)8-6-20(19)33-21-10-17(31-13-18(21)23(29)35)9-16-3-1-2-7-30-16/h1-5,7,10,12-13,19-20H,6,8-9,14H2,(H2,29,35)(H,31,33)/t19-,20+/m0/s1. The molecule has 0 radical (unpaired) electrons. The van der Waals surface area contributed by atoms with Gasteiger partial charge in [0.05, 0.1) is 22.7 Å². The summed E-state index contributed by atoms with van der Waals surface area (Å²) in [6, 6.07) is 11.0. The van der Waals surface area contributed by atoms with Gasteiger partial charge in [-0.2, -0.15) is 18.4 Å². The van der Waals surface area contributed by atoms with Crippen molar-refractivity contribution in [1.82, 2.24) is 15.0 Å². The second-order valence-electron chi connectivity index (χ2n) is 8.23. The number of nitrogens with one attached hydrogen (secondary N) is 1. The van der Waals surface area contributed by atoms with Crippen LogP contribution in [0.2, 0.25) is 0 Å². The van der Waals surface area contributed by atoms with Crippen LogP contribution in [0.25, 0.3) is 0 Å². The van der Waals surface area contributed by atoms with Crippen LogP contribution in [0.5, 0.6) is 0 Å². The molecule has 1 fully saturated rings. The molecule has 0 saturated carbocycles. The third kappa shape index (κ3) is 5.66. The van der Waals surface area contributed by atoms with Gasteiger partial charge in [0.25, 0.3) is 5.91 Å². The topological polar surface area (TPSA) is 121 Å². The molecule has 8 nitrogen and oxygen atoms in total. The molecule has 3 N–H and O–H groups in total. The van der Waals surface area contributed by atoms with Gasteiger partial charge in [0, 0.05) is 55.5 Å². The number of pyridine rings is 3. The highest BCUT2D eigenvalue weighted by Crippen LogP contribution is 2.36. The number of nitrogens with zero attached hydrogens (tertiary/aromatic N) is 5. The van der Waals surface area contributed by atoms with E-state index in [9.17, 15) is 18.0 Å². The van der Waals surface area contributed by atoms with Crippen LogP contribution < -0.4 is 16.0 Å². The molecule has 4 rings (SSSR count). The Morgan fingerprint density at radius 2 is 2.00 bits per heavy atom. The maximum atomic E-state index is 14.1. The van der Waals surface area contributed by atoms with Crippen LogP contribution in [0.3, 0.4) is 0 Å². The summed E-state index contributed by atoms with van der Waals surface area (Å²) in [6.45, 7) is -0.0151. The second kappa shape index (κ2) is 9.97. The van der Waals surface area contributed by atoms with Crippen LogP contribution in [0, 0.1) is 17.2 Å². The van der Waals surface area contributed by atoms with Gasteiger partial charge in [-0.1, -0.05) is 6.07 Å². The lowest BCUT2D eigenvalue weighted by Gasteiger charge is -2.40. The number of carbonyl (C=O) groups is 1. The Bertz CT molecular complexity index is 1230. The van der Waals surface area contributed by atoms with E-state index in [-0.39, 0.29) is 24.2 Å². The molecule has 1 aliphatic rings. The first-order valence-electron chi connectivity index (χ1n) is 10.9. The fourth-order valence-corrected chi connectivity index (χ4v) is 4.10. The van der Waals surface area contributed by atoms with Crippen LogP contribution in [0.1, 0.15) is 33.7 Å². The molecule has 35 heavy (non-hydrogen) atoms. The summed E-state index contributed by atoms with van der Waals surface area (Å²) in [7, 11) is 0. The van der Waals surface area contributed by atoms with E-state index >= 15 is 0 Å². The summed E-state index contributed by atoms with van der Waals surface area (Å²) in [5, 5.41) is 11.9. The molecule has 0 aromatic carbocycles. The quantitative estimate of drug-likeness (QED) is 0.554. The van der Waals surface area contributed by atoms with Crippen LogP contribution in [0.15, 0.2) is 55.0 Å². The molecule has 0 unspecified atom stereocenters. The zero-order chi connectivity index (χ0) is 25.0. The normalized spacial score (nSPS) is 18.1. The van der Waals surface area contributed by atoms with Gasteiger partial charge in [0.1, 0.15) is 11.9 Å².